The topological polar surface area (TPSA) is 322 Å². The lowest BCUT2D eigenvalue weighted by Gasteiger charge is -2.30. The van der Waals surface area contributed by atoms with Gasteiger partial charge in [0.2, 0.25) is 35.4 Å². The number of nitrogens with one attached hydrogen (secondary N) is 6. The third kappa shape index (κ3) is 15.3. The number of aromatic nitrogens is 2. The van der Waals surface area contributed by atoms with Crippen LogP contribution in [0.3, 0.4) is 0 Å². The molecular formula is C40H62N12O8. The van der Waals surface area contributed by atoms with E-state index in [4.69, 9.17) is 17.2 Å². The smallest absolute Gasteiger partial charge is 0.326 e. The van der Waals surface area contributed by atoms with Gasteiger partial charge < -0.3 is 58.8 Å². The van der Waals surface area contributed by atoms with Gasteiger partial charge in [0.05, 0.1) is 12.4 Å². The zero-order chi connectivity index (χ0) is 44.5. The molecule has 6 amide bonds. The van der Waals surface area contributed by atoms with Crippen molar-refractivity contribution in [3.05, 3.63) is 54.1 Å². The molecule has 60 heavy (non-hydrogen) atoms. The molecule has 0 radical (unpaired) electrons. The first-order valence-corrected chi connectivity index (χ1v) is 20.2. The van der Waals surface area contributed by atoms with E-state index in [9.17, 15) is 38.7 Å². The number of aliphatic carboxylic acids is 1. The number of likely N-dealkylation sites (tertiary alicyclic amines) is 1. The van der Waals surface area contributed by atoms with Gasteiger partial charge in [0.15, 0.2) is 5.96 Å². The maximum Gasteiger partial charge on any atom is 0.326 e. The molecule has 2 aromatic rings. The Morgan fingerprint density at radius 3 is 2.13 bits per heavy atom. The highest BCUT2D eigenvalue weighted by Gasteiger charge is 2.39. The molecule has 20 nitrogen and oxygen atoms in total. The van der Waals surface area contributed by atoms with Crippen molar-refractivity contribution >= 4 is 47.4 Å². The van der Waals surface area contributed by atoms with Gasteiger partial charge in [-0.05, 0) is 62.8 Å². The number of carboxylic acids is 1. The normalized spacial score (nSPS) is 16.7. The van der Waals surface area contributed by atoms with Crippen LogP contribution in [-0.2, 0) is 46.4 Å². The first-order valence-electron chi connectivity index (χ1n) is 20.2. The maximum atomic E-state index is 13.8. The highest BCUT2D eigenvalue weighted by molar-refractivity contribution is 5.97. The van der Waals surface area contributed by atoms with E-state index in [2.05, 4.69) is 41.5 Å². The van der Waals surface area contributed by atoms with E-state index < -0.39 is 89.6 Å². The quantitative estimate of drug-likeness (QED) is 0.0359. The third-order valence-corrected chi connectivity index (χ3v) is 9.96. The summed E-state index contributed by atoms with van der Waals surface area (Å²) in [5.74, 6) is -5.58. The van der Waals surface area contributed by atoms with Crippen LogP contribution in [0.1, 0.15) is 78.0 Å². The van der Waals surface area contributed by atoms with Crippen LogP contribution < -0.4 is 43.8 Å². The second-order valence-corrected chi connectivity index (χ2v) is 15.8. The Kier molecular flexibility index (Phi) is 18.9. The molecule has 3 rings (SSSR count). The Balaban J connectivity index is 1.68. The van der Waals surface area contributed by atoms with Crippen LogP contribution in [0.2, 0.25) is 0 Å². The molecule has 0 bridgehead atoms. The molecule has 20 heteroatoms. The first-order chi connectivity index (χ1) is 28.4. The minimum absolute atomic E-state index is 0.00420. The Bertz CT molecular complexity index is 1780. The Hall–Kier alpha value is -6.05. The number of rotatable bonds is 23. The number of nitrogens with zero attached hydrogens (tertiary/aromatic N) is 3. The molecular weight excluding hydrogens is 777 g/mol. The van der Waals surface area contributed by atoms with E-state index in [0.29, 0.717) is 12.1 Å². The highest BCUT2D eigenvalue weighted by Crippen LogP contribution is 2.20. The van der Waals surface area contributed by atoms with Crippen molar-refractivity contribution in [3.63, 3.8) is 0 Å². The van der Waals surface area contributed by atoms with E-state index in [1.807, 2.05) is 44.2 Å². The number of carbonyl (C=O) groups excluding carboxylic acids is 6. The molecule has 7 atom stereocenters. The van der Waals surface area contributed by atoms with Gasteiger partial charge in [-0.15, -0.1) is 0 Å². The lowest BCUT2D eigenvalue weighted by molar-refractivity contribution is -0.143. The van der Waals surface area contributed by atoms with Crippen molar-refractivity contribution in [3.8, 4) is 0 Å². The first kappa shape index (κ1) is 48.3. The summed E-state index contributed by atoms with van der Waals surface area (Å²) < 4.78 is 0. The molecule has 1 aliphatic rings. The number of amides is 6. The number of imidazole rings is 1. The minimum Gasteiger partial charge on any atom is -0.480 e. The molecule has 1 aromatic carbocycles. The summed E-state index contributed by atoms with van der Waals surface area (Å²) in [5, 5.41) is 23.1. The van der Waals surface area contributed by atoms with Crippen molar-refractivity contribution in [2.45, 2.75) is 122 Å². The van der Waals surface area contributed by atoms with Crippen molar-refractivity contribution in [2.24, 2.45) is 34.0 Å². The monoisotopic (exact) mass is 838 g/mol. The summed E-state index contributed by atoms with van der Waals surface area (Å²) in [4.78, 5) is 105. The van der Waals surface area contributed by atoms with Gasteiger partial charge in [0.1, 0.15) is 36.3 Å². The fraction of sp³-hybridized carbons (Fsp3) is 0.575. The van der Waals surface area contributed by atoms with E-state index in [1.54, 1.807) is 13.8 Å². The van der Waals surface area contributed by atoms with Crippen molar-refractivity contribution < 1.29 is 38.7 Å². The van der Waals surface area contributed by atoms with Crippen LogP contribution in [0.5, 0.6) is 0 Å². The van der Waals surface area contributed by atoms with Crippen LogP contribution >= 0.6 is 0 Å². The molecule has 1 fully saturated rings. The standard InChI is InChI=1S/C40H62N12O8/c1-22(2)17-29(49-33(53)27(41)18-25-11-7-6-8-12-25)35(55)51-32(23(3)4)37(57)47-24(5)38(58)52-16-10-14-31(52)36(56)48-28(13-9-15-45-40(42)43)34(54)50-30(39(59)60)19-26-20-44-21-46-26/h6-8,11-12,20-24,27-32H,9-10,13-19,41H2,1-5H3,(H,44,46)(H,47,57)(H,48,56)(H,49,53)(H,50,54)(H,51,55)(H,59,60)(H4,42,43,45)/t24-,27-,28-,29-,30-,31-,32-/m0/s1. The second-order valence-electron chi connectivity index (χ2n) is 15.8. The highest BCUT2D eigenvalue weighted by atomic mass is 16.4. The fourth-order valence-corrected chi connectivity index (χ4v) is 6.78. The summed E-state index contributed by atoms with van der Waals surface area (Å²) in [5.41, 5.74) is 18.4. The molecule has 1 saturated heterocycles. The van der Waals surface area contributed by atoms with Gasteiger partial charge in [-0.2, -0.15) is 0 Å². The summed E-state index contributed by atoms with van der Waals surface area (Å²) in [6.07, 6.45) is 4.28. The Morgan fingerprint density at radius 2 is 1.53 bits per heavy atom. The number of aliphatic imine (C=N–C) groups is 1. The maximum absolute atomic E-state index is 13.8. The zero-order valence-corrected chi connectivity index (χ0v) is 35.0. The van der Waals surface area contributed by atoms with E-state index in [0.717, 1.165) is 5.56 Å². The fourth-order valence-electron chi connectivity index (χ4n) is 6.78. The molecule has 0 spiro atoms. The molecule has 330 valence electrons. The predicted molar refractivity (Wildman–Crippen MR) is 222 cm³/mol. The van der Waals surface area contributed by atoms with Crippen LogP contribution in [-0.4, -0.2) is 123 Å². The summed E-state index contributed by atoms with van der Waals surface area (Å²) in [7, 11) is 0. The van der Waals surface area contributed by atoms with Crippen molar-refractivity contribution in [2.75, 3.05) is 13.1 Å². The van der Waals surface area contributed by atoms with E-state index in [1.165, 1.54) is 24.3 Å². The number of guanidine groups is 1. The average molecular weight is 839 g/mol. The summed E-state index contributed by atoms with van der Waals surface area (Å²) in [6, 6.07) is 1.59. The van der Waals surface area contributed by atoms with E-state index in [-0.39, 0.29) is 63.5 Å². The number of hydrogen-bond donors (Lipinski definition) is 10. The van der Waals surface area contributed by atoms with E-state index >= 15 is 0 Å². The van der Waals surface area contributed by atoms with Crippen LogP contribution in [0.4, 0.5) is 0 Å². The lowest BCUT2D eigenvalue weighted by atomic mass is 9.99. The number of aromatic amines is 1. The van der Waals surface area contributed by atoms with Gasteiger partial charge in [-0.1, -0.05) is 58.0 Å². The molecule has 0 unspecified atom stereocenters. The molecule has 0 aliphatic carbocycles. The number of H-pyrrole nitrogens is 1. The largest absolute Gasteiger partial charge is 0.480 e. The second kappa shape index (κ2) is 23.5. The molecule has 0 saturated carbocycles. The number of nitrogens with two attached hydrogens (primary N) is 3. The number of carboxylic acid groups (broad SMARTS) is 1. The molecule has 2 heterocycles. The van der Waals surface area contributed by atoms with Crippen LogP contribution in [0.15, 0.2) is 47.8 Å². The van der Waals surface area contributed by atoms with Gasteiger partial charge >= 0.3 is 5.97 Å². The molecule has 1 aromatic heterocycles. The summed E-state index contributed by atoms with van der Waals surface area (Å²) >= 11 is 0. The number of hydrogen-bond acceptors (Lipinski definition) is 10. The minimum atomic E-state index is -1.34. The SMILES string of the molecule is CC(C)C[C@H](NC(=O)[C@@H](N)Cc1ccccc1)C(=O)N[C@H](C(=O)N[C@@H](C)C(=O)N1CCC[C@H]1C(=O)N[C@@H](CCCN=C(N)N)C(=O)N[C@@H](Cc1cnc[nH]1)C(=O)O)C(C)C. The zero-order valence-electron chi connectivity index (χ0n) is 35.0. The predicted octanol–water partition coefficient (Wildman–Crippen LogP) is -1.20. The lowest BCUT2D eigenvalue weighted by Crippen LogP contribution is -2.60. The summed E-state index contributed by atoms with van der Waals surface area (Å²) in [6.45, 7) is 9.03. The third-order valence-electron chi connectivity index (χ3n) is 9.96. The van der Waals surface area contributed by atoms with Crippen molar-refractivity contribution in [1.82, 2.24) is 41.5 Å². The van der Waals surface area contributed by atoms with Gasteiger partial charge in [-0.25, -0.2) is 9.78 Å². The van der Waals surface area contributed by atoms with Gasteiger partial charge in [-0.3, -0.25) is 33.8 Å². The van der Waals surface area contributed by atoms with Gasteiger partial charge in [0, 0.05) is 31.4 Å². The van der Waals surface area contributed by atoms with Crippen LogP contribution in [0, 0.1) is 11.8 Å². The molecule has 13 N–H and O–H groups in total. The van der Waals surface area contributed by atoms with Crippen LogP contribution in [0.25, 0.3) is 0 Å². The van der Waals surface area contributed by atoms with Crippen molar-refractivity contribution in [1.29, 1.82) is 0 Å². The van der Waals surface area contributed by atoms with Gasteiger partial charge in [0.25, 0.3) is 0 Å². The Morgan fingerprint density at radius 1 is 0.867 bits per heavy atom. The number of carbonyl (C=O) groups is 7. The average Bonchev–Trinajstić information content (AvgIpc) is 3.90. The number of benzene rings is 1. The Labute approximate surface area is 350 Å². The molecule has 1 aliphatic heterocycles.